The molecule has 0 saturated carbocycles. The number of nitro groups is 1. The van der Waals surface area contributed by atoms with Crippen LogP contribution < -0.4 is 9.47 Å². The first-order valence-corrected chi connectivity index (χ1v) is 8.63. The van der Waals surface area contributed by atoms with Crippen LogP contribution >= 0.6 is 0 Å². The van der Waals surface area contributed by atoms with E-state index in [9.17, 15) is 19.7 Å². The average Bonchev–Trinajstić information content (AvgIpc) is 2.71. The molecule has 0 heterocycles. The Kier molecular flexibility index (Phi) is 7.13. The number of nitrogens with zero attached hydrogens (tertiary/aromatic N) is 2. The maximum absolute atomic E-state index is 12.4. The van der Waals surface area contributed by atoms with E-state index in [0.29, 0.717) is 6.54 Å². The number of rotatable bonds is 8. The Hall–Kier alpha value is -3.62. The summed E-state index contributed by atoms with van der Waals surface area (Å²) in [5, 5.41) is 11.3. The molecule has 0 aromatic heterocycles. The van der Waals surface area contributed by atoms with Gasteiger partial charge in [-0.15, -0.1) is 0 Å². The van der Waals surface area contributed by atoms with Crippen LogP contribution in [-0.2, 0) is 16.1 Å². The van der Waals surface area contributed by atoms with Gasteiger partial charge in [-0.25, -0.2) is 4.79 Å². The predicted octanol–water partition coefficient (Wildman–Crippen LogP) is 2.74. The molecule has 0 saturated heterocycles. The zero-order chi connectivity index (χ0) is 21.6. The molecule has 9 heteroatoms. The number of methoxy groups -OCH3 is 2. The van der Waals surface area contributed by atoms with Crippen LogP contribution in [0.3, 0.4) is 0 Å². The average molecular weight is 402 g/mol. The number of hydrogen-bond donors (Lipinski definition) is 0. The molecule has 29 heavy (non-hydrogen) atoms. The van der Waals surface area contributed by atoms with Gasteiger partial charge in [0.1, 0.15) is 5.56 Å². The minimum Gasteiger partial charge on any atom is -0.493 e. The second-order valence-electron chi connectivity index (χ2n) is 6.29. The summed E-state index contributed by atoms with van der Waals surface area (Å²) < 4.78 is 15.1. The van der Waals surface area contributed by atoms with E-state index >= 15 is 0 Å². The third-order valence-corrected chi connectivity index (χ3v) is 4.21. The number of benzene rings is 2. The molecule has 0 aliphatic heterocycles. The lowest BCUT2D eigenvalue weighted by atomic mass is 10.1. The highest BCUT2D eigenvalue weighted by Crippen LogP contribution is 2.34. The van der Waals surface area contributed by atoms with Crippen molar-refractivity contribution < 1.29 is 28.7 Å². The largest absolute Gasteiger partial charge is 0.493 e. The third-order valence-electron chi connectivity index (χ3n) is 4.21. The van der Waals surface area contributed by atoms with Gasteiger partial charge in [-0.1, -0.05) is 29.8 Å². The fourth-order valence-electron chi connectivity index (χ4n) is 2.55. The number of nitro benzene ring substituents is 1. The van der Waals surface area contributed by atoms with Crippen LogP contribution in [-0.4, -0.2) is 49.6 Å². The number of esters is 1. The van der Waals surface area contributed by atoms with Gasteiger partial charge < -0.3 is 19.1 Å². The van der Waals surface area contributed by atoms with Crippen molar-refractivity contribution in [1.82, 2.24) is 4.90 Å². The zero-order valence-corrected chi connectivity index (χ0v) is 16.6. The van der Waals surface area contributed by atoms with Crippen LogP contribution in [0.4, 0.5) is 5.69 Å². The molecular formula is C20H22N2O7. The highest BCUT2D eigenvalue weighted by Gasteiger charge is 2.26. The van der Waals surface area contributed by atoms with Gasteiger partial charge in [-0.3, -0.25) is 14.9 Å². The normalized spacial score (nSPS) is 10.2. The monoisotopic (exact) mass is 402 g/mol. The molecule has 154 valence electrons. The molecular weight excluding hydrogens is 380 g/mol. The molecule has 0 spiro atoms. The second kappa shape index (κ2) is 9.54. The highest BCUT2D eigenvalue weighted by molar-refractivity contribution is 5.96. The first-order chi connectivity index (χ1) is 13.8. The lowest BCUT2D eigenvalue weighted by molar-refractivity contribution is -0.385. The Morgan fingerprint density at radius 3 is 2.21 bits per heavy atom. The standard InChI is InChI=1S/C20H22N2O7/c1-13-5-7-14(8-6-13)11-21(2)19(23)12-29-20(24)15-9-17(27-3)18(28-4)10-16(15)22(25)26/h5-10H,11-12H2,1-4H3. The van der Waals surface area contributed by atoms with Crippen LogP contribution in [0.2, 0.25) is 0 Å². The highest BCUT2D eigenvalue weighted by atomic mass is 16.6. The predicted molar refractivity (Wildman–Crippen MR) is 104 cm³/mol. The molecule has 0 unspecified atom stereocenters. The van der Waals surface area contributed by atoms with Gasteiger partial charge in [0.15, 0.2) is 18.1 Å². The molecule has 1 amide bonds. The van der Waals surface area contributed by atoms with Gasteiger partial charge in [0.25, 0.3) is 11.6 Å². The van der Waals surface area contributed by atoms with Crippen molar-refractivity contribution in [2.24, 2.45) is 0 Å². The molecule has 0 radical (unpaired) electrons. The van der Waals surface area contributed by atoms with E-state index in [2.05, 4.69) is 0 Å². The minimum atomic E-state index is -1.00. The molecule has 0 aliphatic rings. The van der Waals surface area contributed by atoms with Crippen LogP contribution in [0.15, 0.2) is 36.4 Å². The number of likely N-dealkylation sites (N-methyl/N-ethyl adjacent to an activating group) is 1. The van der Waals surface area contributed by atoms with Crippen molar-refractivity contribution in [3.8, 4) is 11.5 Å². The molecule has 0 N–H and O–H groups in total. The number of carbonyl (C=O) groups is 2. The Morgan fingerprint density at radius 1 is 1.07 bits per heavy atom. The first kappa shape index (κ1) is 21.7. The lowest BCUT2D eigenvalue weighted by Gasteiger charge is -2.17. The van der Waals surface area contributed by atoms with Gasteiger partial charge in [0.2, 0.25) is 0 Å². The summed E-state index contributed by atoms with van der Waals surface area (Å²) in [4.78, 5) is 36.6. The maximum atomic E-state index is 12.4. The Bertz CT molecular complexity index is 910. The van der Waals surface area contributed by atoms with Gasteiger partial charge in [0.05, 0.1) is 25.2 Å². The fourth-order valence-corrected chi connectivity index (χ4v) is 2.55. The summed E-state index contributed by atoms with van der Waals surface area (Å²) in [7, 11) is 4.24. The summed E-state index contributed by atoms with van der Waals surface area (Å²) in [6, 6.07) is 9.89. The zero-order valence-electron chi connectivity index (χ0n) is 16.6. The van der Waals surface area contributed by atoms with Crippen LogP contribution in [0.5, 0.6) is 11.5 Å². The van der Waals surface area contributed by atoms with Gasteiger partial charge >= 0.3 is 5.97 Å². The van der Waals surface area contributed by atoms with Crippen LogP contribution in [0, 0.1) is 17.0 Å². The van der Waals surface area contributed by atoms with E-state index in [1.165, 1.54) is 19.1 Å². The quantitative estimate of drug-likeness (QED) is 0.379. The summed E-state index contributed by atoms with van der Waals surface area (Å²) in [5.74, 6) is -1.21. The third kappa shape index (κ3) is 5.44. The van der Waals surface area contributed by atoms with Gasteiger partial charge in [-0.2, -0.15) is 0 Å². The van der Waals surface area contributed by atoms with E-state index in [0.717, 1.165) is 23.3 Å². The van der Waals surface area contributed by atoms with Crippen molar-refractivity contribution in [3.05, 3.63) is 63.2 Å². The molecule has 2 aromatic carbocycles. The number of aryl methyl sites for hydroxylation is 1. The molecule has 2 aromatic rings. The van der Waals surface area contributed by atoms with E-state index in [1.807, 2.05) is 31.2 Å². The Balaban J connectivity index is 2.08. The summed E-state index contributed by atoms with van der Waals surface area (Å²) in [6.45, 7) is 1.76. The second-order valence-corrected chi connectivity index (χ2v) is 6.29. The summed E-state index contributed by atoms with van der Waals surface area (Å²) >= 11 is 0. The summed E-state index contributed by atoms with van der Waals surface area (Å²) in [5.41, 5.74) is 1.19. The van der Waals surface area contributed by atoms with Crippen molar-refractivity contribution in [1.29, 1.82) is 0 Å². The Morgan fingerprint density at radius 2 is 1.66 bits per heavy atom. The number of carbonyl (C=O) groups excluding carboxylic acids is 2. The first-order valence-electron chi connectivity index (χ1n) is 8.63. The van der Waals surface area contributed by atoms with Gasteiger partial charge in [-0.05, 0) is 12.5 Å². The van der Waals surface area contributed by atoms with Crippen LogP contribution in [0.1, 0.15) is 21.5 Å². The number of hydrogen-bond acceptors (Lipinski definition) is 7. The molecule has 0 fully saturated rings. The van der Waals surface area contributed by atoms with E-state index in [4.69, 9.17) is 14.2 Å². The smallest absolute Gasteiger partial charge is 0.345 e. The SMILES string of the molecule is COc1cc(C(=O)OCC(=O)N(C)Cc2ccc(C)cc2)c([N+](=O)[O-])cc1OC. The summed E-state index contributed by atoms with van der Waals surface area (Å²) in [6.07, 6.45) is 0. The lowest BCUT2D eigenvalue weighted by Crippen LogP contribution is -2.30. The molecule has 0 bridgehead atoms. The van der Waals surface area contributed by atoms with E-state index < -0.39 is 29.1 Å². The molecule has 2 rings (SSSR count). The number of amides is 1. The van der Waals surface area contributed by atoms with Crippen molar-refractivity contribution in [2.45, 2.75) is 13.5 Å². The molecule has 0 aliphatic carbocycles. The van der Waals surface area contributed by atoms with Crippen molar-refractivity contribution in [3.63, 3.8) is 0 Å². The number of ether oxygens (including phenoxy) is 3. The maximum Gasteiger partial charge on any atom is 0.345 e. The topological polar surface area (TPSA) is 108 Å². The molecule has 9 nitrogen and oxygen atoms in total. The fraction of sp³-hybridized carbons (Fsp3) is 0.300. The molecule has 0 atom stereocenters. The van der Waals surface area contributed by atoms with E-state index in [-0.39, 0.29) is 17.1 Å². The van der Waals surface area contributed by atoms with E-state index in [1.54, 1.807) is 7.05 Å². The minimum absolute atomic E-state index is 0.102. The van der Waals surface area contributed by atoms with Crippen molar-refractivity contribution in [2.75, 3.05) is 27.9 Å². The van der Waals surface area contributed by atoms with Crippen molar-refractivity contribution >= 4 is 17.6 Å². The Labute approximate surface area is 167 Å². The van der Waals surface area contributed by atoms with Gasteiger partial charge in [0, 0.05) is 19.7 Å². The van der Waals surface area contributed by atoms with Crippen LogP contribution in [0.25, 0.3) is 0 Å².